The number of carboxylic acid groups (broad SMARTS) is 1. The van der Waals surface area contributed by atoms with Crippen LogP contribution in [-0.2, 0) is 24.4 Å². The Kier molecular flexibility index (Phi) is 9.14. The molecule has 0 unspecified atom stereocenters. The Morgan fingerprint density at radius 1 is 1.08 bits per heavy atom. The van der Waals surface area contributed by atoms with Gasteiger partial charge in [0.1, 0.15) is 5.75 Å². The summed E-state index contributed by atoms with van der Waals surface area (Å²) in [6.45, 7) is 11.9. The summed E-state index contributed by atoms with van der Waals surface area (Å²) in [5.74, 6) is -0.994. The molecular weight excluding hydrogens is 519 g/mol. The van der Waals surface area contributed by atoms with Crippen LogP contribution in [0.3, 0.4) is 0 Å². The van der Waals surface area contributed by atoms with Gasteiger partial charge in [-0.3, -0.25) is 19.1 Å². The summed E-state index contributed by atoms with van der Waals surface area (Å²) in [4.78, 5) is 38.8. The lowest BCUT2D eigenvalue weighted by atomic mass is 9.87. The zero-order chi connectivity index (χ0) is 29.1. The first kappa shape index (κ1) is 30.2. The number of hydrogen-bond donors (Lipinski definition) is 1. The van der Waals surface area contributed by atoms with Crippen LogP contribution in [0.4, 0.5) is 19.1 Å². The molecule has 13 heteroatoms. The molecule has 0 radical (unpaired) electrons. The number of aliphatic carboxylic acids is 1. The van der Waals surface area contributed by atoms with E-state index in [9.17, 15) is 22.8 Å². The van der Waals surface area contributed by atoms with Gasteiger partial charge in [-0.25, -0.2) is 9.48 Å². The Morgan fingerprint density at radius 3 is 2.13 bits per heavy atom. The number of ether oxygens (including phenoxy) is 1. The van der Waals surface area contributed by atoms with Crippen molar-refractivity contribution in [1.82, 2.24) is 19.2 Å². The number of carboxylic acids is 1. The van der Waals surface area contributed by atoms with Gasteiger partial charge in [0.15, 0.2) is 0 Å². The maximum atomic E-state index is 12.8. The van der Waals surface area contributed by atoms with Gasteiger partial charge in [0.25, 0.3) is 0 Å². The summed E-state index contributed by atoms with van der Waals surface area (Å²) in [5.41, 5.74) is 0.137. The van der Waals surface area contributed by atoms with Crippen LogP contribution >= 0.6 is 0 Å². The van der Waals surface area contributed by atoms with Crippen LogP contribution in [0.2, 0.25) is 0 Å². The summed E-state index contributed by atoms with van der Waals surface area (Å²) in [6, 6.07) is 8.33. The molecule has 1 spiro atoms. The van der Waals surface area contributed by atoms with E-state index < -0.39 is 23.3 Å². The van der Waals surface area contributed by atoms with Crippen LogP contribution in [0.15, 0.2) is 33.9 Å². The van der Waals surface area contributed by atoms with Crippen molar-refractivity contribution < 1.29 is 27.8 Å². The molecule has 0 amide bonds. The summed E-state index contributed by atoms with van der Waals surface area (Å²) in [5, 5.41) is 11.7. The van der Waals surface area contributed by atoms with Gasteiger partial charge >= 0.3 is 23.3 Å². The zero-order valence-electron chi connectivity index (χ0n) is 22.9. The van der Waals surface area contributed by atoms with E-state index in [2.05, 4.69) is 27.0 Å². The fraction of sp³-hybridized carbons (Fsp3) is 0.615. The first-order valence-electron chi connectivity index (χ1n) is 12.9. The monoisotopic (exact) mass is 555 g/mol. The first-order chi connectivity index (χ1) is 18.1. The normalized spacial score (nSPS) is 16.8. The molecular formula is C26H36F3N5O5. The molecule has 3 heterocycles. The van der Waals surface area contributed by atoms with Crippen LogP contribution < -0.4 is 20.8 Å². The van der Waals surface area contributed by atoms with Gasteiger partial charge in [-0.1, -0.05) is 26.0 Å². The number of likely N-dealkylation sites (N-methyl/N-ethyl adjacent to an activating group) is 1. The predicted octanol–water partition coefficient (Wildman–Crippen LogP) is 2.97. The quantitative estimate of drug-likeness (QED) is 0.542. The Bertz CT molecular complexity index is 1260. The summed E-state index contributed by atoms with van der Waals surface area (Å²) < 4.78 is 40.4. The molecule has 216 valence electrons. The van der Waals surface area contributed by atoms with E-state index in [1.807, 2.05) is 46.9 Å². The molecule has 10 nitrogen and oxygen atoms in total. The number of carbonyl (C=O) groups is 1. The van der Waals surface area contributed by atoms with Crippen molar-refractivity contribution in [2.45, 2.75) is 78.0 Å². The van der Waals surface area contributed by atoms with Crippen molar-refractivity contribution in [2.75, 3.05) is 25.0 Å². The van der Waals surface area contributed by atoms with E-state index in [0.29, 0.717) is 19.0 Å². The lowest BCUT2D eigenvalue weighted by molar-refractivity contribution is -0.192. The summed E-state index contributed by atoms with van der Waals surface area (Å²) in [6.07, 6.45) is -3.05. The lowest BCUT2D eigenvalue weighted by Gasteiger charge is -2.43. The molecule has 2 aliphatic rings. The largest absolute Gasteiger partial charge is 0.491 e. The first-order valence-corrected chi connectivity index (χ1v) is 12.9. The number of alkyl halides is 3. The third-order valence-corrected chi connectivity index (χ3v) is 6.85. The van der Waals surface area contributed by atoms with E-state index in [1.165, 1.54) is 10.2 Å². The van der Waals surface area contributed by atoms with Gasteiger partial charge in [0.05, 0.1) is 18.2 Å². The van der Waals surface area contributed by atoms with Crippen LogP contribution in [0.1, 0.15) is 46.1 Å². The number of nitrogens with zero attached hydrogens (tertiary/aromatic N) is 5. The number of benzene rings is 1. The molecule has 0 aliphatic carbocycles. The van der Waals surface area contributed by atoms with Crippen molar-refractivity contribution >= 4 is 11.9 Å². The fourth-order valence-electron chi connectivity index (χ4n) is 4.82. The lowest BCUT2D eigenvalue weighted by Crippen LogP contribution is -2.53. The molecule has 1 saturated heterocycles. The van der Waals surface area contributed by atoms with Gasteiger partial charge in [0, 0.05) is 33.2 Å². The van der Waals surface area contributed by atoms with Crippen LogP contribution in [0.5, 0.6) is 5.75 Å². The Balaban J connectivity index is 0.000000532. The molecule has 0 saturated carbocycles. The fourth-order valence-corrected chi connectivity index (χ4v) is 4.82. The second kappa shape index (κ2) is 11.8. The smallest absolute Gasteiger partial charge is 0.490 e. The Morgan fingerprint density at radius 2 is 1.64 bits per heavy atom. The molecule has 1 fully saturated rings. The number of aromatic nitrogens is 3. The van der Waals surface area contributed by atoms with Crippen LogP contribution in [0.25, 0.3) is 0 Å². The molecule has 4 rings (SSSR count). The van der Waals surface area contributed by atoms with Crippen molar-refractivity contribution in [3.8, 4) is 5.75 Å². The highest BCUT2D eigenvalue weighted by Crippen LogP contribution is 2.37. The second-order valence-electron chi connectivity index (χ2n) is 10.7. The van der Waals surface area contributed by atoms with Crippen LogP contribution in [-0.4, -0.2) is 68.3 Å². The number of hydrogen-bond acceptors (Lipinski definition) is 7. The summed E-state index contributed by atoms with van der Waals surface area (Å²) in [7, 11) is 2.01. The maximum Gasteiger partial charge on any atom is 0.490 e. The number of likely N-dealkylation sites (tertiary alicyclic amines) is 1. The van der Waals surface area contributed by atoms with E-state index >= 15 is 0 Å². The van der Waals surface area contributed by atoms with Crippen molar-refractivity contribution in [3.63, 3.8) is 0 Å². The molecule has 1 N–H and O–H groups in total. The van der Waals surface area contributed by atoms with Gasteiger partial charge in [-0.15, -0.1) is 5.10 Å². The SMILES string of the molecule is CC(C)Cn1nc2n(c(=O)c1=O)CC1(CCN(Cc3ccc(OC(C)C)cc3)CC1)N2C.O=C(O)C(F)(F)F. The highest BCUT2D eigenvalue weighted by atomic mass is 19.4. The van der Waals surface area contributed by atoms with Gasteiger partial charge in [0.2, 0.25) is 5.95 Å². The topological polar surface area (TPSA) is 110 Å². The number of rotatable bonds is 6. The highest BCUT2D eigenvalue weighted by molar-refractivity contribution is 5.73. The number of fused-ring (bicyclic) bond motifs is 1. The van der Waals surface area contributed by atoms with E-state index in [4.69, 9.17) is 14.6 Å². The van der Waals surface area contributed by atoms with Crippen molar-refractivity contribution in [2.24, 2.45) is 5.92 Å². The number of halogens is 3. The predicted molar refractivity (Wildman–Crippen MR) is 139 cm³/mol. The number of anilines is 1. The van der Waals surface area contributed by atoms with E-state index in [0.717, 1.165) is 38.2 Å². The minimum absolute atomic E-state index is 0.159. The summed E-state index contributed by atoms with van der Waals surface area (Å²) >= 11 is 0. The maximum absolute atomic E-state index is 12.8. The Labute approximate surface area is 224 Å². The van der Waals surface area contributed by atoms with E-state index in [1.54, 1.807) is 4.57 Å². The van der Waals surface area contributed by atoms with Gasteiger partial charge in [-0.2, -0.15) is 13.2 Å². The van der Waals surface area contributed by atoms with Gasteiger partial charge < -0.3 is 14.7 Å². The molecule has 39 heavy (non-hydrogen) atoms. The minimum Gasteiger partial charge on any atom is -0.491 e. The highest BCUT2D eigenvalue weighted by Gasteiger charge is 2.46. The molecule has 2 aliphatic heterocycles. The molecule has 1 aromatic heterocycles. The molecule has 0 atom stereocenters. The van der Waals surface area contributed by atoms with Gasteiger partial charge in [-0.05, 0) is 50.3 Å². The van der Waals surface area contributed by atoms with Crippen LogP contribution in [0, 0.1) is 5.92 Å². The minimum atomic E-state index is -5.08. The second-order valence-corrected chi connectivity index (χ2v) is 10.7. The average Bonchev–Trinajstić information content (AvgIpc) is 3.11. The average molecular weight is 556 g/mol. The number of piperidine rings is 1. The van der Waals surface area contributed by atoms with Crippen molar-refractivity contribution in [1.29, 1.82) is 0 Å². The third-order valence-electron chi connectivity index (χ3n) is 6.85. The zero-order valence-corrected chi connectivity index (χ0v) is 22.9. The molecule has 2 aromatic rings. The Hall–Kier alpha value is -3.35. The van der Waals surface area contributed by atoms with Crippen molar-refractivity contribution in [3.05, 3.63) is 50.5 Å². The third kappa shape index (κ3) is 7.20. The molecule has 1 aromatic carbocycles. The standard InChI is InChI=1S/C24H35N5O3.C2HF3O2/c1-17(2)14-29-22(31)21(30)28-16-24(26(5)23(28)25-29)10-12-27(13-11-24)15-19-6-8-20(9-7-19)32-18(3)4;3-2(4,5)1(6)7/h6-9,17-18H,10-16H2,1-5H3;(H,6,7). The van der Waals surface area contributed by atoms with E-state index in [-0.39, 0.29) is 17.6 Å². The molecule has 0 bridgehead atoms.